The fourth-order valence-electron chi connectivity index (χ4n) is 0.893. The molecule has 1 aliphatic carbocycles. The van der Waals surface area contributed by atoms with Gasteiger partial charge in [0.15, 0.2) is 0 Å². The minimum atomic E-state index is 0.349. The highest BCUT2D eigenvalue weighted by atomic mass is 16.5. The molecule has 0 aliphatic heterocycles. The van der Waals surface area contributed by atoms with Crippen molar-refractivity contribution >= 4 is 0 Å². The van der Waals surface area contributed by atoms with Gasteiger partial charge in [-0.05, 0) is 13.8 Å². The quantitative estimate of drug-likeness (QED) is 0.580. The van der Waals surface area contributed by atoms with Gasteiger partial charge < -0.3 is 4.74 Å². The molecule has 56 valence electrons. The van der Waals surface area contributed by atoms with E-state index in [-0.39, 0.29) is 0 Å². The minimum absolute atomic E-state index is 0.349. The zero-order valence-electron chi connectivity index (χ0n) is 6.58. The molecule has 0 bridgehead atoms. The van der Waals surface area contributed by atoms with Crippen LogP contribution in [0.5, 0.6) is 0 Å². The summed E-state index contributed by atoms with van der Waals surface area (Å²) in [6.45, 7) is 4.94. The van der Waals surface area contributed by atoms with Crippen molar-refractivity contribution in [2.75, 3.05) is 6.61 Å². The van der Waals surface area contributed by atoms with Gasteiger partial charge in [-0.3, -0.25) is 0 Å². The monoisotopic (exact) mass is 138 g/mol. The highest BCUT2D eigenvalue weighted by Crippen LogP contribution is 2.09. The van der Waals surface area contributed by atoms with Crippen LogP contribution in [0.3, 0.4) is 0 Å². The van der Waals surface area contributed by atoms with E-state index in [0.29, 0.717) is 12.0 Å². The maximum atomic E-state index is 5.42. The molecule has 1 heteroatoms. The van der Waals surface area contributed by atoms with Crippen molar-refractivity contribution in [2.24, 2.45) is 5.92 Å². The Balaban J connectivity index is 2.14. The second kappa shape index (κ2) is 3.57. The van der Waals surface area contributed by atoms with E-state index in [9.17, 15) is 0 Å². The van der Waals surface area contributed by atoms with Crippen molar-refractivity contribution in [3.05, 3.63) is 24.3 Å². The van der Waals surface area contributed by atoms with Crippen LogP contribution in [0.2, 0.25) is 0 Å². The Hall–Kier alpha value is -0.560. The Morgan fingerprint density at radius 1 is 1.30 bits per heavy atom. The Labute approximate surface area is 62.4 Å². The molecule has 0 saturated heterocycles. The molecule has 0 radical (unpaired) electrons. The van der Waals surface area contributed by atoms with Crippen LogP contribution < -0.4 is 0 Å². The number of rotatable bonds is 3. The normalized spacial score (nSPS) is 17.5. The van der Waals surface area contributed by atoms with Gasteiger partial charge in [0.2, 0.25) is 0 Å². The Kier molecular flexibility index (Phi) is 2.69. The summed E-state index contributed by atoms with van der Waals surface area (Å²) in [6.07, 6.45) is 8.79. The highest BCUT2D eigenvalue weighted by molar-refractivity contribution is 5.17. The van der Waals surface area contributed by atoms with E-state index in [1.165, 1.54) is 0 Å². The van der Waals surface area contributed by atoms with E-state index in [1.54, 1.807) is 0 Å². The largest absolute Gasteiger partial charge is 0.378 e. The molecular formula is C9H14O. The molecular weight excluding hydrogens is 124 g/mol. The average Bonchev–Trinajstić information content (AvgIpc) is 2.34. The third-order valence-electron chi connectivity index (χ3n) is 1.45. The fourth-order valence-corrected chi connectivity index (χ4v) is 0.893. The van der Waals surface area contributed by atoms with Crippen LogP contribution in [0.25, 0.3) is 0 Å². The molecule has 0 fully saturated rings. The first-order valence-electron chi connectivity index (χ1n) is 3.75. The van der Waals surface area contributed by atoms with Crippen LogP contribution >= 0.6 is 0 Å². The Morgan fingerprint density at radius 2 is 1.90 bits per heavy atom. The molecule has 0 spiro atoms. The fraction of sp³-hybridized carbons (Fsp3) is 0.556. The van der Waals surface area contributed by atoms with Gasteiger partial charge in [-0.1, -0.05) is 24.3 Å². The maximum absolute atomic E-state index is 5.42. The average molecular weight is 138 g/mol. The lowest BCUT2D eigenvalue weighted by Gasteiger charge is -2.09. The number of allylic oxidation sites excluding steroid dienone is 2. The summed E-state index contributed by atoms with van der Waals surface area (Å²) >= 11 is 0. The summed E-state index contributed by atoms with van der Waals surface area (Å²) in [5, 5.41) is 0. The van der Waals surface area contributed by atoms with Gasteiger partial charge in [0, 0.05) is 5.92 Å². The van der Waals surface area contributed by atoms with Crippen LogP contribution in [0.1, 0.15) is 13.8 Å². The van der Waals surface area contributed by atoms with E-state index in [4.69, 9.17) is 4.74 Å². The maximum Gasteiger partial charge on any atom is 0.0567 e. The second-order valence-electron chi connectivity index (χ2n) is 2.82. The van der Waals surface area contributed by atoms with Gasteiger partial charge >= 0.3 is 0 Å². The lowest BCUT2D eigenvalue weighted by Crippen LogP contribution is -2.09. The summed E-state index contributed by atoms with van der Waals surface area (Å²) in [7, 11) is 0. The van der Waals surface area contributed by atoms with E-state index in [0.717, 1.165) is 6.61 Å². The molecule has 0 amide bonds. The molecule has 1 rings (SSSR count). The summed E-state index contributed by atoms with van der Waals surface area (Å²) in [5.41, 5.74) is 0. The second-order valence-corrected chi connectivity index (χ2v) is 2.82. The van der Waals surface area contributed by atoms with Gasteiger partial charge in [-0.2, -0.15) is 0 Å². The van der Waals surface area contributed by atoms with Gasteiger partial charge in [-0.25, -0.2) is 0 Å². The Bertz CT molecular complexity index is 133. The lowest BCUT2D eigenvalue weighted by molar-refractivity contribution is 0.0700. The summed E-state index contributed by atoms with van der Waals surface area (Å²) < 4.78 is 5.42. The van der Waals surface area contributed by atoms with E-state index in [2.05, 4.69) is 38.2 Å². The number of hydrogen-bond acceptors (Lipinski definition) is 1. The first kappa shape index (κ1) is 7.55. The first-order chi connectivity index (χ1) is 4.79. The molecule has 0 N–H and O–H groups in total. The summed E-state index contributed by atoms with van der Waals surface area (Å²) in [6, 6.07) is 0. The van der Waals surface area contributed by atoms with Gasteiger partial charge in [0.05, 0.1) is 12.7 Å². The SMILES string of the molecule is CC(C)OCC1C=CC=C1. The molecule has 10 heavy (non-hydrogen) atoms. The van der Waals surface area contributed by atoms with Crippen molar-refractivity contribution in [1.29, 1.82) is 0 Å². The highest BCUT2D eigenvalue weighted by Gasteiger charge is 2.03. The molecule has 0 aromatic rings. The molecule has 0 aromatic heterocycles. The van der Waals surface area contributed by atoms with Gasteiger partial charge in [0.25, 0.3) is 0 Å². The number of hydrogen-bond donors (Lipinski definition) is 0. The number of ether oxygens (including phenoxy) is 1. The molecule has 0 saturated carbocycles. The standard InChI is InChI=1S/C9H14O/c1-8(2)10-7-9-5-3-4-6-9/h3-6,8-9H,7H2,1-2H3. The molecule has 0 heterocycles. The van der Waals surface area contributed by atoms with E-state index in [1.807, 2.05) is 0 Å². The molecule has 1 nitrogen and oxygen atoms in total. The molecule has 0 aromatic carbocycles. The van der Waals surface area contributed by atoms with Gasteiger partial charge in [0.1, 0.15) is 0 Å². The van der Waals surface area contributed by atoms with Crippen molar-refractivity contribution in [3.8, 4) is 0 Å². The van der Waals surface area contributed by atoms with Crippen LogP contribution in [-0.2, 0) is 4.74 Å². The molecule has 0 unspecified atom stereocenters. The zero-order chi connectivity index (χ0) is 7.40. The predicted molar refractivity (Wildman–Crippen MR) is 42.9 cm³/mol. The van der Waals surface area contributed by atoms with Gasteiger partial charge in [-0.15, -0.1) is 0 Å². The summed E-state index contributed by atoms with van der Waals surface area (Å²) in [5.74, 6) is 0.516. The molecule has 0 atom stereocenters. The minimum Gasteiger partial charge on any atom is -0.378 e. The van der Waals surface area contributed by atoms with Crippen LogP contribution in [0.15, 0.2) is 24.3 Å². The van der Waals surface area contributed by atoms with E-state index < -0.39 is 0 Å². The zero-order valence-corrected chi connectivity index (χ0v) is 6.58. The molecule has 1 aliphatic rings. The van der Waals surface area contributed by atoms with E-state index >= 15 is 0 Å². The van der Waals surface area contributed by atoms with Crippen molar-refractivity contribution in [1.82, 2.24) is 0 Å². The first-order valence-corrected chi connectivity index (χ1v) is 3.75. The Morgan fingerprint density at radius 3 is 2.40 bits per heavy atom. The predicted octanol–water partition coefficient (Wildman–Crippen LogP) is 2.15. The summed E-state index contributed by atoms with van der Waals surface area (Å²) in [4.78, 5) is 0. The lowest BCUT2D eigenvalue weighted by atomic mass is 10.2. The smallest absolute Gasteiger partial charge is 0.0567 e. The van der Waals surface area contributed by atoms with Crippen molar-refractivity contribution in [2.45, 2.75) is 20.0 Å². The van der Waals surface area contributed by atoms with Crippen molar-refractivity contribution in [3.63, 3.8) is 0 Å². The third kappa shape index (κ3) is 2.36. The van der Waals surface area contributed by atoms with Crippen LogP contribution in [-0.4, -0.2) is 12.7 Å². The van der Waals surface area contributed by atoms with Crippen molar-refractivity contribution < 1.29 is 4.74 Å². The third-order valence-corrected chi connectivity index (χ3v) is 1.45. The van der Waals surface area contributed by atoms with Crippen LogP contribution in [0, 0.1) is 5.92 Å². The topological polar surface area (TPSA) is 9.23 Å². The van der Waals surface area contributed by atoms with Crippen LogP contribution in [0.4, 0.5) is 0 Å².